The summed E-state index contributed by atoms with van der Waals surface area (Å²) in [6, 6.07) is 1.24. The van der Waals surface area contributed by atoms with Gasteiger partial charge in [-0.3, -0.25) is 9.89 Å². The molecule has 4 atom stereocenters. The number of ether oxygens (including phenoxy) is 1. The van der Waals surface area contributed by atoms with E-state index >= 15 is 0 Å². The highest BCUT2D eigenvalue weighted by molar-refractivity contribution is 7.99. The van der Waals surface area contributed by atoms with Crippen molar-refractivity contribution >= 4 is 17.7 Å². The lowest BCUT2D eigenvalue weighted by molar-refractivity contribution is -0.0432. The second kappa shape index (κ2) is 8.58. The molecular formula is C17H32N4OS. The largest absolute Gasteiger partial charge is 0.373 e. The van der Waals surface area contributed by atoms with Crippen LogP contribution in [0, 0.1) is 0 Å². The molecule has 3 fully saturated rings. The van der Waals surface area contributed by atoms with Crippen LogP contribution in [0.1, 0.15) is 39.0 Å². The fourth-order valence-corrected chi connectivity index (χ4v) is 4.78. The molecule has 2 aliphatic heterocycles. The molecule has 3 rings (SSSR count). The Morgan fingerprint density at radius 3 is 3.04 bits per heavy atom. The van der Waals surface area contributed by atoms with E-state index in [1.807, 2.05) is 11.8 Å². The van der Waals surface area contributed by atoms with Gasteiger partial charge in [-0.2, -0.15) is 11.8 Å². The minimum absolute atomic E-state index is 0.252. The van der Waals surface area contributed by atoms with E-state index in [9.17, 15) is 0 Å². The van der Waals surface area contributed by atoms with Gasteiger partial charge in [0.25, 0.3) is 0 Å². The van der Waals surface area contributed by atoms with Crippen LogP contribution in [-0.2, 0) is 4.74 Å². The molecule has 1 aliphatic carbocycles. The number of nitrogens with one attached hydrogen (secondary N) is 2. The highest BCUT2D eigenvalue weighted by Gasteiger charge is 2.32. The fraction of sp³-hybridized carbons (Fsp3) is 0.941. The third-order valence-electron chi connectivity index (χ3n) is 5.32. The van der Waals surface area contributed by atoms with E-state index in [0.717, 1.165) is 37.5 Å². The van der Waals surface area contributed by atoms with Gasteiger partial charge < -0.3 is 15.4 Å². The summed E-state index contributed by atoms with van der Waals surface area (Å²) >= 11 is 2.00. The van der Waals surface area contributed by atoms with Gasteiger partial charge >= 0.3 is 0 Å². The number of fused-ring (bicyclic) bond motifs is 1. The maximum absolute atomic E-state index is 6.02. The monoisotopic (exact) mass is 340 g/mol. The summed E-state index contributed by atoms with van der Waals surface area (Å²) in [6.45, 7) is 6.97. The molecule has 4 unspecified atom stereocenters. The minimum Gasteiger partial charge on any atom is -0.373 e. The lowest BCUT2D eigenvalue weighted by Gasteiger charge is -2.34. The standard InChI is InChI=1S/C17H32N4OS/c1-3-18-17(20-13-6-7-16(9-13)23-2)19-10-15-11-21-8-4-5-14(21)12-22-15/h13-16H,3-12H2,1-2H3,(H2,18,19,20). The Hall–Kier alpha value is -0.460. The summed E-state index contributed by atoms with van der Waals surface area (Å²) in [6.07, 6.45) is 8.93. The Balaban J connectivity index is 1.48. The second-order valence-electron chi connectivity index (χ2n) is 6.98. The number of morpholine rings is 1. The van der Waals surface area contributed by atoms with Crippen LogP contribution in [0.5, 0.6) is 0 Å². The molecule has 0 spiro atoms. The van der Waals surface area contributed by atoms with Crippen LogP contribution < -0.4 is 10.6 Å². The van der Waals surface area contributed by atoms with Crippen LogP contribution in [-0.4, -0.2) is 73.3 Å². The van der Waals surface area contributed by atoms with Crippen LogP contribution in [0.3, 0.4) is 0 Å². The summed E-state index contributed by atoms with van der Waals surface area (Å²) in [7, 11) is 0. The lowest BCUT2D eigenvalue weighted by Crippen LogP contribution is -2.48. The highest BCUT2D eigenvalue weighted by Crippen LogP contribution is 2.28. The lowest BCUT2D eigenvalue weighted by atomic mass is 10.2. The summed E-state index contributed by atoms with van der Waals surface area (Å²) < 4.78 is 6.02. The first-order valence-corrected chi connectivity index (χ1v) is 10.5. The SMILES string of the molecule is CCNC(=NCC1CN2CCCC2CO1)NC1CCC(SC)C1. The molecule has 1 saturated carbocycles. The zero-order chi connectivity index (χ0) is 16.1. The van der Waals surface area contributed by atoms with E-state index in [4.69, 9.17) is 9.73 Å². The average Bonchev–Trinajstić information content (AvgIpc) is 3.21. The Kier molecular flexibility index (Phi) is 6.48. The van der Waals surface area contributed by atoms with Crippen molar-refractivity contribution in [2.75, 3.05) is 39.0 Å². The molecule has 0 radical (unpaired) electrons. The Morgan fingerprint density at radius 2 is 2.26 bits per heavy atom. The molecule has 0 aromatic heterocycles. The van der Waals surface area contributed by atoms with Crippen molar-refractivity contribution in [3.8, 4) is 0 Å². The van der Waals surface area contributed by atoms with Gasteiger partial charge in [0.1, 0.15) is 0 Å². The smallest absolute Gasteiger partial charge is 0.191 e. The van der Waals surface area contributed by atoms with Gasteiger partial charge in [-0.1, -0.05) is 0 Å². The summed E-state index contributed by atoms with van der Waals surface area (Å²) in [5.74, 6) is 0.964. The van der Waals surface area contributed by atoms with E-state index in [1.165, 1.54) is 38.6 Å². The summed E-state index contributed by atoms with van der Waals surface area (Å²) in [5, 5.41) is 7.82. The molecule has 2 heterocycles. The molecule has 132 valence electrons. The van der Waals surface area contributed by atoms with Gasteiger partial charge in [-0.25, -0.2) is 0 Å². The zero-order valence-electron chi connectivity index (χ0n) is 14.6. The van der Waals surface area contributed by atoms with Gasteiger partial charge in [0, 0.05) is 30.4 Å². The number of nitrogens with zero attached hydrogens (tertiary/aromatic N) is 2. The van der Waals surface area contributed by atoms with Crippen molar-refractivity contribution in [1.29, 1.82) is 0 Å². The van der Waals surface area contributed by atoms with Gasteiger partial charge in [0.2, 0.25) is 0 Å². The van der Waals surface area contributed by atoms with Gasteiger partial charge in [-0.15, -0.1) is 0 Å². The second-order valence-corrected chi connectivity index (χ2v) is 8.12. The first-order chi connectivity index (χ1) is 11.3. The number of hydrogen-bond donors (Lipinski definition) is 2. The fourth-order valence-electron chi connectivity index (χ4n) is 3.99. The summed E-state index contributed by atoms with van der Waals surface area (Å²) in [4.78, 5) is 7.39. The molecular weight excluding hydrogens is 308 g/mol. The normalized spacial score (nSPS) is 35.3. The Labute approximate surface area is 145 Å². The molecule has 0 bridgehead atoms. The molecule has 0 amide bonds. The predicted octanol–water partition coefficient (Wildman–Crippen LogP) is 1.69. The molecule has 2 saturated heterocycles. The number of rotatable bonds is 5. The quantitative estimate of drug-likeness (QED) is 0.589. The Morgan fingerprint density at radius 1 is 1.35 bits per heavy atom. The predicted molar refractivity (Wildman–Crippen MR) is 98.4 cm³/mol. The Bertz CT molecular complexity index is 406. The third-order valence-corrected chi connectivity index (χ3v) is 6.41. The van der Waals surface area contributed by atoms with Gasteiger partial charge in [0.15, 0.2) is 5.96 Å². The topological polar surface area (TPSA) is 48.9 Å². The maximum Gasteiger partial charge on any atom is 0.191 e. The maximum atomic E-state index is 6.02. The first-order valence-electron chi connectivity index (χ1n) is 9.21. The van der Waals surface area contributed by atoms with Crippen LogP contribution in [0.25, 0.3) is 0 Å². The van der Waals surface area contributed by atoms with E-state index < -0.39 is 0 Å². The molecule has 3 aliphatic rings. The number of thioether (sulfide) groups is 1. The van der Waals surface area contributed by atoms with Crippen molar-refractivity contribution in [3.05, 3.63) is 0 Å². The molecule has 5 nitrogen and oxygen atoms in total. The van der Waals surface area contributed by atoms with Gasteiger partial charge in [0.05, 0.1) is 19.3 Å². The average molecular weight is 341 g/mol. The molecule has 0 aromatic rings. The third kappa shape index (κ3) is 4.77. The minimum atomic E-state index is 0.252. The molecule has 23 heavy (non-hydrogen) atoms. The van der Waals surface area contributed by atoms with E-state index in [0.29, 0.717) is 12.1 Å². The van der Waals surface area contributed by atoms with E-state index in [-0.39, 0.29) is 6.10 Å². The molecule has 6 heteroatoms. The number of hydrogen-bond acceptors (Lipinski definition) is 4. The van der Waals surface area contributed by atoms with Crippen LogP contribution in [0.2, 0.25) is 0 Å². The van der Waals surface area contributed by atoms with Crippen LogP contribution in [0.4, 0.5) is 0 Å². The number of aliphatic imine (C=N–C) groups is 1. The first kappa shape index (κ1) is 17.4. The molecule has 0 aromatic carbocycles. The highest BCUT2D eigenvalue weighted by atomic mass is 32.2. The van der Waals surface area contributed by atoms with Crippen molar-refractivity contribution in [1.82, 2.24) is 15.5 Å². The van der Waals surface area contributed by atoms with E-state index in [1.54, 1.807) is 0 Å². The van der Waals surface area contributed by atoms with Crippen molar-refractivity contribution < 1.29 is 4.74 Å². The van der Waals surface area contributed by atoms with E-state index in [2.05, 4.69) is 28.7 Å². The van der Waals surface area contributed by atoms with Gasteiger partial charge in [-0.05, 0) is 51.8 Å². The number of guanidine groups is 1. The zero-order valence-corrected chi connectivity index (χ0v) is 15.4. The van der Waals surface area contributed by atoms with Crippen molar-refractivity contribution in [2.24, 2.45) is 4.99 Å². The summed E-state index contributed by atoms with van der Waals surface area (Å²) in [5.41, 5.74) is 0. The van der Waals surface area contributed by atoms with Crippen molar-refractivity contribution in [3.63, 3.8) is 0 Å². The van der Waals surface area contributed by atoms with Crippen molar-refractivity contribution in [2.45, 2.75) is 62.5 Å². The molecule has 2 N–H and O–H groups in total. The van der Waals surface area contributed by atoms with Crippen LogP contribution in [0.15, 0.2) is 4.99 Å². The van der Waals surface area contributed by atoms with Crippen LogP contribution >= 0.6 is 11.8 Å².